The van der Waals surface area contributed by atoms with Crippen LogP contribution in [0.1, 0.15) is 13.3 Å². The first-order valence-electron chi connectivity index (χ1n) is 4.93. The molecule has 4 heteroatoms. The maximum Gasteiger partial charge on any atom is 0.287 e. The number of ether oxygens (including phenoxy) is 2. The van der Waals surface area contributed by atoms with Crippen molar-refractivity contribution >= 4 is 6.02 Å². The van der Waals surface area contributed by atoms with Gasteiger partial charge >= 0.3 is 0 Å². The van der Waals surface area contributed by atoms with E-state index in [1.807, 2.05) is 0 Å². The minimum absolute atomic E-state index is 0.373. The Bertz CT molecular complexity index is 200. The third kappa shape index (κ3) is 1.94. The molecule has 0 aromatic rings. The molecule has 0 aliphatic carbocycles. The first-order valence-corrected chi connectivity index (χ1v) is 4.93. The van der Waals surface area contributed by atoms with E-state index in [1.54, 1.807) is 0 Å². The van der Waals surface area contributed by atoms with Crippen molar-refractivity contribution in [2.75, 3.05) is 32.9 Å². The molecule has 4 nitrogen and oxygen atoms in total. The number of aliphatic imine (C=N–C) groups is 1. The molecule has 0 saturated carbocycles. The van der Waals surface area contributed by atoms with Crippen LogP contribution >= 0.6 is 0 Å². The number of morpholine rings is 1. The molecule has 2 rings (SSSR count). The lowest BCUT2D eigenvalue weighted by molar-refractivity contribution is 0.0576. The van der Waals surface area contributed by atoms with E-state index in [4.69, 9.17) is 9.47 Å². The molecule has 13 heavy (non-hydrogen) atoms. The van der Waals surface area contributed by atoms with Gasteiger partial charge in [-0.05, 0) is 6.42 Å². The average molecular weight is 184 g/mol. The summed E-state index contributed by atoms with van der Waals surface area (Å²) in [5.74, 6) is 0. The number of hydrogen-bond donors (Lipinski definition) is 0. The van der Waals surface area contributed by atoms with Gasteiger partial charge < -0.3 is 14.4 Å². The van der Waals surface area contributed by atoms with Crippen molar-refractivity contribution in [1.29, 1.82) is 0 Å². The van der Waals surface area contributed by atoms with Gasteiger partial charge in [0.25, 0.3) is 6.02 Å². The Hall–Kier alpha value is -0.770. The summed E-state index contributed by atoms with van der Waals surface area (Å²) in [5.41, 5.74) is 0. The minimum Gasteiger partial charge on any atom is -0.463 e. The number of nitrogens with zero attached hydrogens (tertiary/aromatic N) is 2. The van der Waals surface area contributed by atoms with E-state index in [0.29, 0.717) is 6.04 Å². The molecule has 0 spiro atoms. The summed E-state index contributed by atoms with van der Waals surface area (Å²) in [6.07, 6.45) is 1.06. The van der Waals surface area contributed by atoms with Gasteiger partial charge in [-0.2, -0.15) is 0 Å². The van der Waals surface area contributed by atoms with Gasteiger partial charge in [-0.25, -0.2) is 4.99 Å². The maximum absolute atomic E-state index is 5.52. The van der Waals surface area contributed by atoms with E-state index in [9.17, 15) is 0 Å². The van der Waals surface area contributed by atoms with Crippen LogP contribution in [-0.4, -0.2) is 49.9 Å². The fourth-order valence-electron chi connectivity index (χ4n) is 1.54. The van der Waals surface area contributed by atoms with E-state index < -0.39 is 0 Å². The lowest BCUT2D eigenvalue weighted by Gasteiger charge is -2.26. The van der Waals surface area contributed by atoms with Crippen molar-refractivity contribution in [2.45, 2.75) is 19.4 Å². The highest BCUT2D eigenvalue weighted by atomic mass is 16.5. The molecule has 0 amide bonds. The fourth-order valence-corrected chi connectivity index (χ4v) is 1.54. The molecule has 2 aliphatic rings. The summed E-state index contributed by atoms with van der Waals surface area (Å²) in [7, 11) is 0. The summed E-state index contributed by atoms with van der Waals surface area (Å²) < 4.78 is 10.8. The molecular formula is C9H16N2O2. The summed E-state index contributed by atoms with van der Waals surface area (Å²) in [6.45, 7) is 6.30. The smallest absolute Gasteiger partial charge is 0.287 e. The van der Waals surface area contributed by atoms with Crippen LogP contribution in [0.15, 0.2) is 4.99 Å². The molecule has 0 radical (unpaired) electrons. The third-order valence-electron chi connectivity index (χ3n) is 2.45. The standard InChI is InChI=1S/C9H16N2O2/c1-2-8-7-13-9(10-8)11-3-5-12-6-4-11/h8H,2-7H2,1H3. The van der Waals surface area contributed by atoms with E-state index in [-0.39, 0.29) is 0 Å². The van der Waals surface area contributed by atoms with Crippen LogP contribution in [0.4, 0.5) is 0 Å². The Labute approximate surface area is 78.5 Å². The Morgan fingerprint density at radius 3 is 2.85 bits per heavy atom. The molecule has 0 N–H and O–H groups in total. The number of amidine groups is 1. The van der Waals surface area contributed by atoms with Gasteiger partial charge in [0.1, 0.15) is 6.61 Å². The molecule has 1 atom stereocenters. The molecule has 1 saturated heterocycles. The van der Waals surface area contributed by atoms with Crippen LogP contribution in [0.2, 0.25) is 0 Å². The van der Waals surface area contributed by atoms with Gasteiger partial charge in [-0.3, -0.25) is 0 Å². The third-order valence-corrected chi connectivity index (χ3v) is 2.45. The Morgan fingerprint density at radius 2 is 2.23 bits per heavy atom. The Kier molecular flexibility index (Phi) is 2.68. The summed E-state index contributed by atoms with van der Waals surface area (Å²) in [5, 5.41) is 0. The maximum atomic E-state index is 5.52. The summed E-state index contributed by atoms with van der Waals surface area (Å²) in [6, 6.07) is 1.20. The molecule has 1 unspecified atom stereocenters. The highest BCUT2D eigenvalue weighted by Gasteiger charge is 2.23. The zero-order valence-corrected chi connectivity index (χ0v) is 8.03. The van der Waals surface area contributed by atoms with E-state index >= 15 is 0 Å². The van der Waals surface area contributed by atoms with Crippen molar-refractivity contribution in [3.05, 3.63) is 0 Å². The quantitative estimate of drug-likeness (QED) is 0.594. The highest BCUT2D eigenvalue weighted by molar-refractivity contribution is 5.75. The lowest BCUT2D eigenvalue weighted by atomic mass is 10.3. The largest absolute Gasteiger partial charge is 0.463 e. The molecule has 0 aromatic carbocycles. The molecule has 0 bridgehead atoms. The topological polar surface area (TPSA) is 34.1 Å². The van der Waals surface area contributed by atoms with Crippen molar-refractivity contribution in [3.63, 3.8) is 0 Å². The van der Waals surface area contributed by atoms with Gasteiger partial charge in [0.15, 0.2) is 0 Å². The lowest BCUT2D eigenvalue weighted by Crippen LogP contribution is -2.40. The van der Waals surface area contributed by atoms with Gasteiger partial charge in [0.2, 0.25) is 0 Å². The predicted octanol–water partition coefficient (Wildman–Crippen LogP) is 0.483. The first kappa shape index (κ1) is 8.81. The van der Waals surface area contributed by atoms with Crippen LogP contribution < -0.4 is 0 Å². The molecular weight excluding hydrogens is 168 g/mol. The monoisotopic (exact) mass is 184 g/mol. The van der Waals surface area contributed by atoms with Gasteiger partial charge in [0.05, 0.1) is 19.3 Å². The summed E-state index contributed by atoms with van der Waals surface area (Å²) in [4.78, 5) is 6.66. The minimum atomic E-state index is 0.373. The second-order valence-electron chi connectivity index (χ2n) is 3.38. The number of hydrogen-bond acceptors (Lipinski definition) is 4. The zero-order chi connectivity index (χ0) is 9.10. The van der Waals surface area contributed by atoms with Crippen molar-refractivity contribution in [2.24, 2.45) is 4.99 Å². The van der Waals surface area contributed by atoms with E-state index in [1.165, 1.54) is 0 Å². The van der Waals surface area contributed by atoms with Crippen LogP contribution in [0, 0.1) is 0 Å². The Morgan fingerprint density at radius 1 is 1.46 bits per heavy atom. The normalized spacial score (nSPS) is 28.5. The first-order chi connectivity index (χ1) is 6.40. The van der Waals surface area contributed by atoms with E-state index in [2.05, 4.69) is 16.8 Å². The molecule has 2 heterocycles. The average Bonchev–Trinajstić information content (AvgIpc) is 2.67. The molecule has 2 aliphatic heterocycles. The molecule has 74 valence electrons. The zero-order valence-electron chi connectivity index (χ0n) is 8.03. The van der Waals surface area contributed by atoms with E-state index in [0.717, 1.165) is 45.4 Å². The second kappa shape index (κ2) is 3.96. The van der Waals surface area contributed by atoms with Crippen LogP contribution in [-0.2, 0) is 9.47 Å². The van der Waals surface area contributed by atoms with Crippen LogP contribution in [0.5, 0.6) is 0 Å². The second-order valence-corrected chi connectivity index (χ2v) is 3.38. The highest BCUT2D eigenvalue weighted by Crippen LogP contribution is 2.11. The van der Waals surface area contributed by atoms with Crippen molar-refractivity contribution in [1.82, 2.24) is 4.90 Å². The Balaban J connectivity index is 1.92. The van der Waals surface area contributed by atoms with Gasteiger partial charge in [-0.15, -0.1) is 0 Å². The fraction of sp³-hybridized carbons (Fsp3) is 0.889. The molecule has 1 fully saturated rings. The van der Waals surface area contributed by atoms with Gasteiger partial charge in [-0.1, -0.05) is 6.92 Å². The predicted molar refractivity (Wildman–Crippen MR) is 49.9 cm³/mol. The molecule has 0 aromatic heterocycles. The summed E-state index contributed by atoms with van der Waals surface area (Å²) >= 11 is 0. The van der Waals surface area contributed by atoms with Crippen LogP contribution in [0.3, 0.4) is 0 Å². The van der Waals surface area contributed by atoms with Crippen molar-refractivity contribution < 1.29 is 9.47 Å². The van der Waals surface area contributed by atoms with Gasteiger partial charge in [0, 0.05) is 13.1 Å². The number of rotatable bonds is 1. The van der Waals surface area contributed by atoms with Crippen LogP contribution in [0.25, 0.3) is 0 Å². The SMILES string of the molecule is CCC1COC(N2CCOCC2)=N1. The van der Waals surface area contributed by atoms with Crippen molar-refractivity contribution in [3.8, 4) is 0 Å².